The molecule has 1 aliphatic heterocycles. The molecule has 2 aromatic rings. The van der Waals surface area contributed by atoms with Crippen molar-refractivity contribution < 1.29 is 28.2 Å². The molecule has 3 rings (SSSR count). The Morgan fingerprint density at radius 3 is 2.42 bits per heavy atom. The van der Waals surface area contributed by atoms with Gasteiger partial charge in [-0.2, -0.15) is 0 Å². The van der Waals surface area contributed by atoms with Crippen molar-refractivity contribution in [2.45, 2.75) is 52.9 Å². The molecule has 2 amide bonds. The Balaban J connectivity index is 1.92. The Bertz CT molecular complexity index is 1030. The number of carbonyl (C=O) groups excluding carboxylic acids is 2. The van der Waals surface area contributed by atoms with Crippen molar-refractivity contribution in [3.05, 3.63) is 70.7 Å². The predicted octanol–water partition coefficient (Wildman–Crippen LogP) is 4.77. The molecule has 1 aliphatic rings. The lowest BCUT2D eigenvalue weighted by atomic mass is 9.94. The van der Waals surface area contributed by atoms with Gasteiger partial charge in [-0.25, -0.2) is 14.0 Å². The fraction of sp³-hybridized carbons (Fsp3) is 0.360. The summed E-state index contributed by atoms with van der Waals surface area (Å²) in [5.74, 6) is 0.165. The van der Waals surface area contributed by atoms with Crippen LogP contribution in [0.15, 0.2) is 53.7 Å². The summed E-state index contributed by atoms with van der Waals surface area (Å²) in [6.07, 6.45) is 0.159. The summed E-state index contributed by atoms with van der Waals surface area (Å²) in [4.78, 5) is 25.2. The maximum Gasteiger partial charge on any atom is 0.338 e. The molecule has 176 valence electrons. The van der Waals surface area contributed by atoms with E-state index in [4.69, 9.17) is 14.2 Å². The molecule has 0 spiro atoms. The fourth-order valence-electron chi connectivity index (χ4n) is 3.50. The molecule has 0 fully saturated rings. The molecule has 1 heterocycles. The van der Waals surface area contributed by atoms with E-state index >= 15 is 0 Å². The third-order valence-corrected chi connectivity index (χ3v) is 4.98. The first-order valence-electron chi connectivity index (χ1n) is 11.0. The number of ether oxygens (including phenoxy) is 3. The summed E-state index contributed by atoms with van der Waals surface area (Å²) >= 11 is 0. The van der Waals surface area contributed by atoms with Gasteiger partial charge in [0.15, 0.2) is 11.5 Å². The number of hydrogen-bond donors (Lipinski definition) is 2. The highest BCUT2D eigenvalue weighted by Gasteiger charge is 2.34. The third kappa shape index (κ3) is 6.03. The van der Waals surface area contributed by atoms with Crippen LogP contribution in [0.25, 0.3) is 0 Å². The summed E-state index contributed by atoms with van der Waals surface area (Å²) in [6, 6.07) is 10.2. The molecule has 1 atom stereocenters. The SMILES string of the molecule is CCOc1cc(C2NC(=O)NC(CC)=C2C(=O)OC(C)C)ccc1OCc1ccc(F)cc1. The standard InChI is InChI=1S/C25H29FN2O5/c1-5-19-22(24(29)33-15(3)4)23(28-25(30)27-19)17-9-12-20(21(13-17)31-6-2)32-14-16-7-10-18(26)11-8-16/h7-13,15,23H,5-6,14H2,1-4H3,(H2,27,28,30). The summed E-state index contributed by atoms with van der Waals surface area (Å²) in [7, 11) is 0. The molecule has 0 bridgehead atoms. The van der Waals surface area contributed by atoms with Gasteiger partial charge < -0.3 is 24.8 Å². The Morgan fingerprint density at radius 2 is 1.79 bits per heavy atom. The lowest BCUT2D eigenvalue weighted by Crippen LogP contribution is -2.46. The molecule has 0 aromatic heterocycles. The zero-order chi connectivity index (χ0) is 24.0. The molecule has 33 heavy (non-hydrogen) atoms. The normalized spacial score (nSPS) is 15.7. The van der Waals surface area contributed by atoms with Gasteiger partial charge in [-0.3, -0.25) is 0 Å². The van der Waals surface area contributed by atoms with Crippen LogP contribution in [0.4, 0.5) is 9.18 Å². The van der Waals surface area contributed by atoms with E-state index in [0.717, 1.165) is 5.56 Å². The molecule has 0 aliphatic carbocycles. The van der Waals surface area contributed by atoms with Gasteiger partial charge in [0.2, 0.25) is 0 Å². The van der Waals surface area contributed by atoms with Crippen molar-refractivity contribution >= 4 is 12.0 Å². The van der Waals surface area contributed by atoms with Gasteiger partial charge in [0.1, 0.15) is 12.4 Å². The fourth-order valence-corrected chi connectivity index (χ4v) is 3.50. The maximum atomic E-state index is 13.1. The van der Waals surface area contributed by atoms with E-state index in [-0.39, 0.29) is 18.5 Å². The summed E-state index contributed by atoms with van der Waals surface area (Å²) in [5.41, 5.74) is 2.34. The first kappa shape index (κ1) is 24.1. The molecule has 8 heteroatoms. The van der Waals surface area contributed by atoms with Gasteiger partial charge >= 0.3 is 12.0 Å². The summed E-state index contributed by atoms with van der Waals surface area (Å²) in [5, 5.41) is 5.52. The highest BCUT2D eigenvalue weighted by atomic mass is 19.1. The van der Waals surface area contributed by atoms with Crippen molar-refractivity contribution in [1.82, 2.24) is 10.6 Å². The lowest BCUT2D eigenvalue weighted by molar-refractivity contribution is -0.143. The van der Waals surface area contributed by atoms with Gasteiger partial charge in [-0.05, 0) is 62.6 Å². The van der Waals surface area contributed by atoms with Gasteiger partial charge in [0.05, 0.1) is 24.3 Å². The molecule has 2 N–H and O–H groups in total. The quantitative estimate of drug-likeness (QED) is 0.531. The predicted molar refractivity (Wildman–Crippen MR) is 121 cm³/mol. The Kier molecular flexibility index (Phi) is 7.92. The average Bonchev–Trinajstić information content (AvgIpc) is 2.78. The number of halogens is 1. The van der Waals surface area contributed by atoms with Crippen LogP contribution in [0.2, 0.25) is 0 Å². The smallest absolute Gasteiger partial charge is 0.338 e. The van der Waals surface area contributed by atoms with Gasteiger partial charge in [0, 0.05) is 5.70 Å². The number of amides is 2. The number of esters is 1. The van der Waals surface area contributed by atoms with Gasteiger partial charge in [-0.1, -0.05) is 25.1 Å². The van der Waals surface area contributed by atoms with E-state index in [1.807, 2.05) is 13.8 Å². The molecular formula is C25H29FN2O5. The van der Waals surface area contributed by atoms with Crippen molar-refractivity contribution in [3.8, 4) is 11.5 Å². The lowest BCUT2D eigenvalue weighted by Gasteiger charge is -2.30. The average molecular weight is 457 g/mol. The molecule has 0 saturated carbocycles. The van der Waals surface area contributed by atoms with E-state index in [1.54, 1.807) is 44.2 Å². The topological polar surface area (TPSA) is 85.9 Å². The second-order valence-electron chi connectivity index (χ2n) is 7.79. The molecule has 0 radical (unpaired) electrons. The van der Waals surface area contributed by atoms with Gasteiger partial charge in [-0.15, -0.1) is 0 Å². The molecular weight excluding hydrogens is 427 g/mol. The number of allylic oxidation sites excluding steroid dienone is 1. The number of benzene rings is 2. The highest BCUT2D eigenvalue weighted by molar-refractivity contribution is 5.95. The van der Waals surface area contributed by atoms with Crippen LogP contribution in [0.3, 0.4) is 0 Å². The van der Waals surface area contributed by atoms with Crippen LogP contribution in [-0.4, -0.2) is 24.7 Å². The minimum absolute atomic E-state index is 0.232. The Hall–Kier alpha value is -3.55. The van der Waals surface area contributed by atoms with Crippen LogP contribution in [0.1, 0.15) is 51.3 Å². The van der Waals surface area contributed by atoms with E-state index in [2.05, 4.69) is 10.6 Å². The molecule has 2 aromatic carbocycles. The molecule has 7 nitrogen and oxygen atoms in total. The van der Waals surface area contributed by atoms with Crippen LogP contribution >= 0.6 is 0 Å². The van der Waals surface area contributed by atoms with Crippen LogP contribution in [0.5, 0.6) is 11.5 Å². The number of hydrogen-bond acceptors (Lipinski definition) is 5. The minimum Gasteiger partial charge on any atom is -0.490 e. The first-order chi connectivity index (χ1) is 15.8. The summed E-state index contributed by atoms with van der Waals surface area (Å²) in [6.45, 7) is 7.88. The third-order valence-electron chi connectivity index (χ3n) is 4.98. The first-order valence-corrected chi connectivity index (χ1v) is 11.0. The summed E-state index contributed by atoms with van der Waals surface area (Å²) < 4.78 is 30.2. The van der Waals surface area contributed by atoms with Crippen LogP contribution in [0, 0.1) is 5.82 Å². The molecule has 0 saturated heterocycles. The Morgan fingerprint density at radius 1 is 1.06 bits per heavy atom. The van der Waals surface area contributed by atoms with E-state index in [0.29, 0.717) is 41.4 Å². The minimum atomic E-state index is -0.703. The van der Waals surface area contributed by atoms with Crippen molar-refractivity contribution in [2.75, 3.05) is 6.61 Å². The van der Waals surface area contributed by atoms with Crippen molar-refractivity contribution in [1.29, 1.82) is 0 Å². The zero-order valence-electron chi connectivity index (χ0n) is 19.2. The van der Waals surface area contributed by atoms with Gasteiger partial charge in [0.25, 0.3) is 0 Å². The second kappa shape index (κ2) is 10.8. The monoisotopic (exact) mass is 456 g/mol. The zero-order valence-corrected chi connectivity index (χ0v) is 19.2. The second-order valence-corrected chi connectivity index (χ2v) is 7.79. The van der Waals surface area contributed by atoms with E-state index in [9.17, 15) is 14.0 Å². The van der Waals surface area contributed by atoms with Crippen LogP contribution < -0.4 is 20.1 Å². The number of carbonyl (C=O) groups is 2. The van der Waals surface area contributed by atoms with Crippen molar-refractivity contribution in [2.24, 2.45) is 0 Å². The molecule has 1 unspecified atom stereocenters. The number of rotatable bonds is 9. The number of nitrogens with one attached hydrogen (secondary N) is 2. The van der Waals surface area contributed by atoms with Crippen LogP contribution in [-0.2, 0) is 16.1 Å². The highest BCUT2D eigenvalue weighted by Crippen LogP contribution is 2.35. The Labute approximate surface area is 192 Å². The van der Waals surface area contributed by atoms with E-state index in [1.165, 1.54) is 12.1 Å². The largest absolute Gasteiger partial charge is 0.490 e. The van der Waals surface area contributed by atoms with E-state index < -0.39 is 18.0 Å². The maximum absolute atomic E-state index is 13.1. The van der Waals surface area contributed by atoms with Crippen molar-refractivity contribution in [3.63, 3.8) is 0 Å². The number of urea groups is 1.